The van der Waals surface area contributed by atoms with Gasteiger partial charge in [0.15, 0.2) is 0 Å². The molecule has 2 rings (SSSR count). The summed E-state index contributed by atoms with van der Waals surface area (Å²) in [5.74, 6) is 0.897. The van der Waals surface area contributed by atoms with Gasteiger partial charge in [-0.3, -0.25) is 4.98 Å². The molecule has 2 nitrogen and oxygen atoms in total. The molecule has 0 fully saturated rings. The number of ether oxygens (including phenoxy) is 1. The number of rotatable bonds is 4. The third kappa shape index (κ3) is 3.56. The molecule has 0 N–H and O–H groups in total. The third-order valence-electron chi connectivity index (χ3n) is 2.48. The summed E-state index contributed by atoms with van der Waals surface area (Å²) in [7, 11) is 0. The number of aryl methyl sites for hydroxylation is 1. The highest BCUT2D eigenvalue weighted by molar-refractivity contribution is 9.10. The van der Waals surface area contributed by atoms with Crippen LogP contribution in [0.3, 0.4) is 0 Å². The second kappa shape index (κ2) is 5.82. The molecular formula is C14H14BrNO. The van der Waals surface area contributed by atoms with Gasteiger partial charge < -0.3 is 4.74 Å². The van der Waals surface area contributed by atoms with E-state index in [1.54, 1.807) is 6.20 Å². The van der Waals surface area contributed by atoms with Gasteiger partial charge in [-0.15, -0.1) is 0 Å². The van der Waals surface area contributed by atoms with Crippen LogP contribution in [0.25, 0.3) is 0 Å². The maximum absolute atomic E-state index is 5.70. The van der Waals surface area contributed by atoms with E-state index in [9.17, 15) is 0 Å². The Morgan fingerprint density at radius 3 is 2.82 bits per heavy atom. The molecule has 0 spiro atoms. The van der Waals surface area contributed by atoms with Gasteiger partial charge in [-0.05, 0) is 52.2 Å². The van der Waals surface area contributed by atoms with Crippen LogP contribution in [-0.4, -0.2) is 4.98 Å². The quantitative estimate of drug-likeness (QED) is 0.850. The molecule has 1 aromatic carbocycles. The first-order chi connectivity index (χ1) is 8.28. The summed E-state index contributed by atoms with van der Waals surface area (Å²) in [6.07, 6.45) is 2.80. The zero-order valence-corrected chi connectivity index (χ0v) is 11.3. The number of hydrogen-bond donors (Lipinski definition) is 0. The van der Waals surface area contributed by atoms with Gasteiger partial charge in [-0.1, -0.05) is 19.1 Å². The molecule has 0 aliphatic rings. The maximum Gasteiger partial charge on any atom is 0.130 e. The Morgan fingerprint density at radius 2 is 2.12 bits per heavy atom. The zero-order valence-electron chi connectivity index (χ0n) is 9.69. The van der Waals surface area contributed by atoms with Crippen molar-refractivity contribution in [3.05, 3.63) is 58.3 Å². The lowest BCUT2D eigenvalue weighted by atomic mass is 10.2. The SMILES string of the molecule is CCc1cccc(OCc2ccc(Br)cn2)c1. The van der Waals surface area contributed by atoms with Gasteiger partial charge in [0.25, 0.3) is 0 Å². The fourth-order valence-corrected chi connectivity index (χ4v) is 1.74. The van der Waals surface area contributed by atoms with Crippen molar-refractivity contribution in [3.8, 4) is 5.75 Å². The van der Waals surface area contributed by atoms with E-state index in [0.29, 0.717) is 6.61 Å². The standard InChI is InChI=1S/C14H14BrNO/c1-2-11-4-3-5-14(8-11)17-10-13-7-6-12(15)9-16-13/h3-9H,2,10H2,1H3. The Labute approximate surface area is 110 Å². The summed E-state index contributed by atoms with van der Waals surface area (Å²) in [5.41, 5.74) is 2.21. The maximum atomic E-state index is 5.70. The Balaban J connectivity index is 1.99. The lowest BCUT2D eigenvalue weighted by Gasteiger charge is -2.07. The average Bonchev–Trinajstić information content (AvgIpc) is 2.38. The van der Waals surface area contributed by atoms with E-state index in [4.69, 9.17) is 4.74 Å². The van der Waals surface area contributed by atoms with Crippen LogP contribution in [0.1, 0.15) is 18.2 Å². The third-order valence-corrected chi connectivity index (χ3v) is 2.95. The number of aromatic nitrogens is 1. The summed E-state index contributed by atoms with van der Waals surface area (Å²) in [6, 6.07) is 12.1. The zero-order chi connectivity index (χ0) is 12.1. The first-order valence-corrected chi connectivity index (χ1v) is 6.39. The van der Waals surface area contributed by atoms with Crippen LogP contribution in [0, 0.1) is 0 Å². The van der Waals surface area contributed by atoms with E-state index in [2.05, 4.69) is 40.0 Å². The molecule has 0 atom stereocenters. The number of nitrogens with zero attached hydrogens (tertiary/aromatic N) is 1. The van der Waals surface area contributed by atoms with Gasteiger partial charge in [0, 0.05) is 10.7 Å². The van der Waals surface area contributed by atoms with Crippen molar-refractivity contribution in [1.82, 2.24) is 4.98 Å². The fraction of sp³-hybridized carbons (Fsp3) is 0.214. The second-order valence-corrected chi connectivity index (χ2v) is 4.67. The van der Waals surface area contributed by atoms with E-state index in [-0.39, 0.29) is 0 Å². The minimum absolute atomic E-state index is 0.500. The van der Waals surface area contributed by atoms with E-state index < -0.39 is 0 Å². The summed E-state index contributed by atoms with van der Waals surface area (Å²) in [6.45, 7) is 2.63. The average molecular weight is 292 g/mol. The van der Waals surface area contributed by atoms with E-state index in [0.717, 1.165) is 22.3 Å². The van der Waals surface area contributed by atoms with Crippen molar-refractivity contribution >= 4 is 15.9 Å². The van der Waals surface area contributed by atoms with Crippen molar-refractivity contribution in [2.75, 3.05) is 0 Å². The molecular weight excluding hydrogens is 278 g/mol. The summed E-state index contributed by atoms with van der Waals surface area (Å²) in [4.78, 5) is 4.26. The first kappa shape index (κ1) is 12.1. The molecule has 0 saturated heterocycles. The minimum atomic E-state index is 0.500. The lowest BCUT2D eigenvalue weighted by molar-refractivity contribution is 0.301. The van der Waals surface area contributed by atoms with Gasteiger partial charge in [0.1, 0.15) is 12.4 Å². The monoisotopic (exact) mass is 291 g/mol. The molecule has 1 aromatic heterocycles. The molecule has 0 amide bonds. The topological polar surface area (TPSA) is 22.1 Å². The predicted octanol–water partition coefficient (Wildman–Crippen LogP) is 3.99. The Bertz CT molecular complexity index is 482. The molecule has 0 saturated carbocycles. The van der Waals surface area contributed by atoms with Crippen LogP contribution < -0.4 is 4.74 Å². The van der Waals surface area contributed by atoms with Crippen LogP contribution in [0.4, 0.5) is 0 Å². The van der Waals surface area contributed by atoms with Crippen molar-refractivity contribution < 1.29 is 4.74 Å². The molecule has 88 valence electrons. The summed E-state index contributed by atoms with van der Waals surface area (Å²) >= 11 is 3.36. The molecule has 0 radical (unpaired) electrons. The van der Waals surface area contributed by atoms with E-state index in [1.807, 2.05) is 24.3 Å². The molecule has 0 aliphatic heterocycles. The van der Waals surface area contributed by atoms with E-state index >= 15 is 0 Å². The number of halogens is 1. The van der Waals surface area contributed by atoms with Gasteiger partial charge >= 0.3 is 0 Å². The van der Waals surface area contributed by atoms with Crippen molar-refractivity contribution in [2.24, 2.45) is 0 Å². The van der Waals surface area contributed by atoms with Crippen molar-refractivity contribution in [1.29, 1.82) is 0 Å². The molecule has 17 heavy (non-hydrogen) atoms. The van der Waals surface area contributed by atoms with Gasteiger partial charge in [-0.2, -0.15) is 0 Å². The molecule has 2 aromatic rings. The number of hydrogen-bond acceptors (Lipinski definition) is 2. The van der Waals surface area contributed by atoms with Crippen LogP contribution >= 0.6 is 15.9 Å². The van der Waals surface area contributed by atoms with Gasteiger partial charge in [0.05, 0.1) is 5.69 Å². The summed E-state index contributed by atoms with van der Waals surface area (Å²) < 4.78 is 6.68. The number of benzene rings is 1. The Hall–Kier alpha value is -1.35. The Morgan fingerprint density at radius 1 is 1.24 bits per heavy atom. The number of pyridine rings is 1. The van der Waals surface area contributed by atoms with Crippen molar-refractivity contribution in [2.45, 2.75) is 20.0 Å². The van der Waals surface area contributed by atoms with Gasteiger partial charge in [-0.25, -0.2) is 0 Å². The Kier molecular flexibility index (Phi) is 4.15. The van der Waals surface area contributed by atoms with Crippen LogP contribution in [0.15, 0.2) is 47.1 Å². The molecule has 1 heterocycles. The lowest BCUT2D eigenvalue weighted by Crippen LogP contribution is -1.98. The first-order valence-electron chi connectivity index (χ1n) is 5.60. The molecule has 0 aliphatic carbocycles. The molecule has 0 bridgehead atoms. The van der Waals surface area contributed by atoms with Crippen LogP contribution in [0.2, 0.25) is 0 Å². The fourth-order valence-electron chi connectivity index (χ4n) is 1.50. The predicted molar refractivity (Wildman–Crippen MR) is 72.1 cm³/mol. The molecule has 0 unspecified atom stereocenters. The minimum Gasteiger partial charge on any atom is -0.487 e. The highest BCUT2D eigenvalue weighted by Crippen LogP contribution is 2.15. The highest BCUT2D eigenvalue weighted by atomic mass is 79.9. The van der Waals surface area contributed by atoms with Crippen LogP contribution in [-0.2, 0) is 13.0 Å². The molecule has 3 heteroatoms. The highest BCUT2D eigenvalue weighted by Gasteiger charge is 1.98. The summed E-state index contributed by atoms with van der Waals surface area (Å²) in [5, 5.41) is 0. The largest absolute Gasteiger partial charge is 0.487 e. The van der Waals surface area contributed by atoms with E-state index in [1.165, 1.54) is 5.56 Å². The smallest absolute Gasteiger partial charge is 0.130 e. The second-order valence-electron chi connectivity index (χ2n) is 3.76. The van der Waals surface area contributed by atoms with Crippen LogP contribution in [0.5, 0.6) is 5.75 Å². The van der Waals surface area contributed by atoms with Crippen molar-refractivity contribution in [3.63, 3.8) is 0 Å². The van der Waals surface area contributed by atoms with Gasteiger partial charge in [0.2, 0.25) is 0 Å². The normalized spacial score (nSPS) is 10.2.